The second-order valence-corrected chi connectivity index (χ2v) is 4.68. The van der Waals surface area contributed by atoms with Crippen LogP contribution < -0.4 is 5.32 Å². The standard InChI is InChI=1S/C13H17N3S/c1-3-9-17-13-11(10-14-4-2)16-8-6-5-7-12(16)15-13/h3,5-8,14H,1,4,9-10H2,2H3. The number of imidazole rings is 1. The molecule has 0 amide bonds. The zero-order valence-electron chi connectivity index (χ0n) is 10.0. The minimum atomic E-state index is 0.848. The number of nitrogens with one attached hydrogen (secondary N) is 1. The first-order valence-electron chi connectivity index (χ1n) is 5.77. The molecule has 0 unspecified atom stereocenters. The van der Waals surface area contributed by atoms with Gasteiger partial charge >= 0.3 is 0 Å². The van der Waals surface area contributed by atoms with Crippen molar-refractivity contribution >= 4 is 17.4 Å². The number of pyridine rings is 1. The molecule has 0 saturated heterocycles. The number of hydrogen-bond donors (Lipinski definition) is 1. The van der Waals surface area contributed by atoms with E-state index in [4.69, 9.17) is 0 Å². The van der Waals surface area contributed by atoms with Gasteiger partial charge in [0.25, 0.3) is 0 Å². The summed E-state index contributed by atoms with van der Waals surface area (Å²) < 4.78 is 2.15. The molecule has 0 aliphatic carbocycles. The minimum absolute atomic E-state index is 0.848. The van der Waals surface area contributed by atoms with E-state index in [2.05, 4.69) is 34.4 Å². The number of thioether (sulfide) groups is 1. The van der Waals surface area contributed by atoms with E-state index in [9.17, 15) is 0 Å². The molecular formula is C13H17N3S. The van der Waals surface area contributed by atoms with Gasteiger partial charge in [-0.25, -0.2) is 4.98 Å². The molecular weight excluding hydrogens is 230 g/mol. The van der Waals surface area contributed by atoms with Gasteiger partial charge in [0.15, 0.2) is 0 Å². The second-order valence-electron chi connectivity index (χ2n) is 3.67. The largest absolute Gasteiger partial charge is 0.311 e. The first-order chi connectivity index (χ1) is 8.36. The molecule has 0 atom stereocenters. The van der Waals surface area contributed by atoms with Crippen LogP contribution >= 0.6 is 11.8 Å². The molecule has 0 radical (unpaired) electrons. The molecule has 2 heterocycles. The fraction of sp³-hybridized carbons (Fsp3) is 0.308. The molecule has 0 fully saturated rings. The van der Waals surface area contributed by atoms with Crippen molar-refractivity contribution in [3.05, 3.63) is 42.7 Å². The van der Waals surface area contributed by atoms with E-state index in [0.29, 0.717) is 0 Å². The molecule has 4 heteroatoms. The Hall–Kier alpha value is -1.26. The van der Waals surface area contributed by atoms with Crippen molar-refractivity contribution in [1.29, 1.82) is 0 Å². The van der Waals surface area contributed by atoms with Crippen LogP contribution in [-0.4, -0.2) is 21.7 Å². The van der Waals surface area contributed by atoms with E-state index in [0.717, 1.165) is 29.5 Å². The predicted octanol–water partition coefficient (Wildman–Crippen LogP) is 2.72. The Bertz CT molecular complexity index is 504. The minimum Gasteiger partial charge on any atom is -0.311 e. The fourth-order valence-corrected chi connectivity index (χ4v) is 2.45. The van der Waals surface area contributed by atoms with Crippen LogP contribution in [0.2, 0.25) is 0 Å². The lowest BCUT2D eigenvalue weighted by atomic mass is 10.4. The number of hydrogen-bond acceptors (Lipinski definition) is 3. The molecule has 0 saturated carbocycles. The average Bonchev–Trinajstić information content (AvgIpc) is 2.71. The van der Waals surface area contributed by atoms with E-state index in [1.54, 1.807) is 11.8 Å². The quantitative estimate of drug-likeness (QED) is 0.628. The third kappa shape index (κ3) is 2.70. The molecule has 0 bridgehead atoms. The summed E-state index contributed by atoms with van der Waals surface area (Å²) in [4.78, 5) is 4.64. The number of fused-ring (bicyclic) bond motifs is 1. The van der Waals surface area contributed by atoms with Crippen molar-refractivity contribution in [2.75, 3.05) is 12.3 Å². The van der Waals surface area contributed by atoms with Gasteiger partial charge in [-0.3, -0.25) is 0 Å². The summed E-state index contributed by atoms with van der Waals surface area (Å²) in [5.74, 6) is 0.892. The number of aromatic nitrogens is 2. The fourth-order valence-electron chi connectivity index (χ4n) is 1.68. The van der Waals surface area contributed by atoms with Crippen LogP contribution in [0.4, 0.5) is 0 Å². The molecule has 0 aliphatic heterocycles. The smallest absolute Gasteiger partial charge is 0.138 e. The third-order valence-corrected chi connectivity index (χ3v) is 3.48. The first kappa shape index (κ1) is 12.2. The van der Waals surface area contributed by atoms with Gasteiger partial charge in [-0.05, 0) is 18.7 Å². The Labute approximate surface area is 106 Å². The Kier molecular flexibility index (Phi) is 4.23. The van der Waals surface area contributed by atoms with Gasteiger partial charge in [0, 0.05) is 18.5 Å². The Morgan fingerprint density at radius 3 is 3.18 bits per heavy atom. The van der Waals surface area contributed by atoms with Crippen molar-refractivity contribution < 1.29 is 0 Å². The summed E-state index contributed by atoms with van der Waals surface area (Å²) in [7, 11) is 0. The zero-order valence-corrected chi connectivity index (χ0v) is 10.8. The van der Waals surface area contributed by atoms with Crippen LogP contribution in [-0.2, 0) is 6.54 Å². The predicted molar refractivity (Wildman–Crippen MR) is 73.5 cm³/mol. The van der Waals surface area contributed by atoms with Crippen molar-refractivity contribution in [3.63, 3.8) is 0 Å². The van der Waals surface area contributed by atoms with Crippen LogP contribution in [0.25, 0.3) is 5.65 Å². The summed E-state index contributed by atoms with van der Waals surface area (Å²) in [6, 6.07) is 6.08. The van der Waals surface area contributed by atoms with Gasteiger partial charge in [0.05, 0.1) is 5.69 Å². The first-order valence-corrected chi connectivity index (χ1v) is 6.75. The molecule has 1 N–H and O–H groups in total. The van der Waals surface area contributed by atoms with Crippen LogP contribution in [0.1, 0.15) is 12.6 Å². The zero-order chi connectivity index (χ0) is 12.1. The van der Waals surface area contributed by atoms with Crippen LogP contribution in [0.3, 0.4) is 0 Å². The molecule has 3 nitrogen and oxygen atoms in total. The molecule has 17 heavy (non-hydrogen) atoms. The number of rotatable bonds is 6. The van der Waals surface area contributed by atoms with Crippen LogP contribution in [0.5, 0.6) is 0 Å². The van der Waals surface area contributed by atoms with Crippen LogP contribution in [0.15, 0.2) is 42.1 Å². The molecule has 2 rings (SSSR count). The van der Waals surface area contributed by atoms with Gasteiger partial charge in [-0.1, -0.05) is 19.1 Å². The van der Waals surface area contributed by atoms with Gasteiger partial charge in [0.1, 0.15) is 10.7 Å². The molecule has 0 spiro atoms. The Morgan fingerprint density at radius 1 is 1.53 bits per heavy atom. The van der Waals surface area contributed by atoms with E-state index in [1.165, 1.54) is 5.69 Å². The van der Waals surface area contributed by atoms with Crippen molar-refractivity contribution in [1.82, 2.24) is 14.7 Å². The van der Waals surface area contributed by atoms with Gasteiger partial charge in [0.2, 0.25) is 0 Å². The summed E-state index contributed by atoms with van der Waals surface area (Å²) in [6.07, 6.45) is 3.97. The maximum absolute atomic E-state index is 4.64. The van der Waals surface area contributed by atoms with E-state index < -0.39 is 0 Å². The Morgan fingerprint density at radius 2 is 2.41 bits per heavy atom. The van der Waals surface area contributed by atoms with E-state index in [1.807, 2.05) is 24.3 Å². The average molecular weight is 247 g/mol. The summed E-state index contributed by atoms with van der Waals surface area (Å²) >= 11 is 1.73. The molecule has 90 valence electrons. The summed E-state index contributed by atoms with van der Waals surface area (Å²) in [5.41, 5.74) is 2.24. The van der Waals surface area contributed by atoms with Gasteiger partial charge in [-0.2, -0.15) is 0 Å². The van der Waals surface area contributed by atoms with E-state index >= 15 is 0 Å². The van der Waals surface area contributed by atoms with Crippen molar-refractivity contribution in [3.8, 4) is 0 Å². The maximum atomic E-state index is 4.64. The van der Waals surface area contributed by atoms with Crippen molar-refractivity contribution in [2.24, 2.45) is 0 Å². The lowest BCUT2D eigenvalue weighted by molar-refractivity contribution is 0.694. The van der Waals surface area contributed by atoms with Gasteiger partial charge < -0.3 is 9.72 Å². The highest BCUT2D eigenvalue weighted by Crippen LogP contribution is 2.23. The number of nitrogens with zero attached hydrogens (tertiary/aromatic N) is 2. The topological polar surface area (TPSA) is 29.3 Å². The maximum Gasteiger partial charge on any atom is 0.138 e. The Balaban J connectivity index is 2.37. The summed E-state index contributed by atoms with van der Waals surface area (Å²) in [6.45, 7) is 7.67. The highest BCUT2D eigenvalue weighted by molar-refractivity contribution is 7.99. The normalized spacial score (nSPS) is 10.9. The monoisotopic (exact) mass is 247 g/mol. The lowest BCUT2D eigenvalue weighted by Crippen LogP contribution is -2.14. The third-order valence-electron chi connectivity index (χ3n) is 2.47. The molecule has 0 aliphatic rings. The highest BCUT2D eigenvalue weighted by Gasteiger charge is 2.10. The van der Waals surface area contributed by atoms with Crippen LogP contribution in [0, 0.1) is 0 Å². The van der Waals surface area contributed by atoms with Gasteiger partial charge in [-0.15, -0.1) is 18.3 Å². The lowest BCUT2D eigenvalue weighted by Gasteiger charge is -2.04. The SMILES string of the molecule is C=CCSc1nc2ccccn2c1CNCC. The van der Waals surface area contributed by atoms with Crippen molar-refractivity contribution in [2.45, 2.75) is 18.5 Å². The molecule has 2 aromatic heterocycles. The molecule has 0 aromatic carbocycles. The second kappa shape index (κ2) is 5.89. The molecule has 2 aromatic rings. The van der Waals surface area contributed by atoms with E-state index in [-0.39, 0.29) is 0 Å². The highest BCUT2D eigenvalue weighted by atomic mass is 32.2. The summed E-state index contributed by atoms with van der Waals surface area (Å²) in [5, 5.41) is 4.45.